The monoisotopic (exact) mass is 323 g/mol. The molecule has 2 aliphatic rings. The number of hydrogen-bond donors (Lipinski definition) is 0. The summed E-state index contributed by atoms with van der Waals surface area (Å²) in [6.07, 6.45) is 11.3. The number of carbonyl (C=O) groups is 1. The van der Waals surface area contributed by atoms with Crippen LogP contribution in [0.25, 0.3) is 0 Å². The maximum absolute atomic E-state index is 13.0. The second kappa shape index (κ2) is 6.80. The number of fused-ring (bicyclic) bond motifs is 1. The summed E-state index contributed by atoms with van der Waals surface area (Å²) >= 11 is 0. The average molecular weight is 323 g/mol. The summed E-state index contributed by atoms with van der Waals surface area (Å²) < 4.78 is 1.90. The first-order chi connectivity index (χ1) is 11.8. The highest BCUT2D eigenvalue weighted by molar-refractivity contribution is 5.94. The molecule has 2 aromatic rings. The van der Waals surface area contributed by atoms with Crippen LogP contribution in [0.2, 0.25) is 0 Å². The summed E-state index contributed by atoms with van der Waals surface area (Å²) in [4.78, 5) is 15.2. The predicted octanol–water partition coefficient (Wildman–Crippen LogP) is 3.73. The molecule has 1 aromatic carbocycles. The molecule has 1 saturated heterocycles. The fourth-order valence-electron chi connectivity index (χ4n) is 4.38. The van der Waals surface area contributed by atoms with Crippen molar-refractivity contribution in [3.8, 4) is 0 Å². The molecule has 2 heterocycles. The summed E-state index contributed by atoms with van der Waals surface area (Å²) in [5.74, 6) is 0.952. The Bertz CT molecular complexity index is 675. The molecule has 1 amide bonds. The fourth-order valence-corrected chi connectivity index (χ4v) is 4.38. The Morgan fingerprint density at radius 1 is 1.08 bits per heavy atom. The van der Waals surface area contributed by atoms with Crippen LogP contribution in [0.5, 0.6) is 0 Å². The molecule has 1 aromatic heterocycles. The third-order valence-electron chi connectivity index (χ3n) is 5.61. The maximum Gasteiger partial charge on any atom is 0.254 e. The highest BCUT2D eigenvalue weighted by atomic mass is 16.2. The van der Waals surface area contributed by atoms with Gasteiger partial charge in [0.2, 0.25) is 0 Å². The summed E-state index contributed by atoms with van der Waals surface area (Å²) in [6.45, 7) is 1.67. The van der Waals surface area contributed by atoms with E-state index >= 15 is 0 Å². The lowest BCUT2D eigenvalue weighted by Crippen LogP contribution is -2.49. The number of benzene rings is 1. The smallest absolute Gasteiger partial charge is 0.254 e. The molecule has 1 saturated carbocycles. The first-order valence-electron chi connectivity index (χ1n) is 9.18. The molecule has 0 spiro atoms. The molecule has 0 unspecified atom stereocenters. The lowest BCUT2D eigenvalue weighted by molar-refractivity contribution is 0.0390. The van der Waals surface area contributed by atoms with Gasteiger partial charge in [0, 0.05) is 30.5 Å². The van der Waals surface area contributed by atoms with E-state index in [9.17, 15) is 4.79 Å². The summed E-state index contributed by atoms with van der Waals surface area (Å²) in [7, 11) is 0. The minimum Gasteiger partial charge on any atom is -0.335 e. The van der Waals surface area contributed by atoms with E-state index in [4.69, 9.17) is 0 Å². The van der Waals surface area contributed by atoms with Crippen molar-refractivity contribution in [1.82, 2.24) is 14.7 Å². The van der Waals surface area contributed by atoms with Gasteiger partial charge in [-0.3, -0.25) is 9.48 Å². The van der Waals surface area contributed by atoms with Crippen molar-refractivity contribution >= 4 is 5.91 Å². The zero-order valence-electron chi connectivity index (χ0n) is 14.1. The number of carbonyl (C=O) groups excluding carboxylic acids is 1. The largest absolute Gasteiger partial charge is 0.335 e. The number of aromatic nitrogens is 2. The lowest BCUT2D eigenvalue weighted by atomic mass is 9.78. The first-order valence-corrected chi connectivity index (χ1v) is 9.18. The molecule has 0 N–H and O–H groups in total. The zero-order chi connectivity index (χ0) is 16.4. The van der Waals surface area contributed by atoms with Crippen molar-refractivity contribution in [2.75, 3.05) is 6.54 Å². The molecule has 1 aliphatic carbocycles. The number of hydrogen-bond acceptors (Lipinski definition) is 2. The lowest BCUT2D eigenvalue weighted by Gasteiger charge is -2.44. The third kappa shape index (κ3) is 3.10. The van der Waals surface area contributed by atoms with Gasteiger partial charge in [0.1, 0.15) is 0 Å². The minimum atomic E-state index is 0.220. The minimum absolute atomic E-state index is 0.220. The highest BCUT2D eigenvalue weighted by Gasteiger charge is 2.35. The van der Waals surface area contributed by atoms with Crippen LogP contribution < -0.4 is 0 Å². The van der Waals surface area contributed by atoms with Gasteiger partial charge >= 0.3 is 0 Å². The van der Waals surface area contributed by atoms with Crippen molar-refractivity contribution in [1.29, 1.82) is 0 Å². The van der Waals surface area contributed by atoms with Crippen molar-refractivity contribution < 1.29 is 4.79 Å². The van der Waals surface area contributed by atoms with Gasteiger partial charge in [-0.25, -0.2) is 0 Å². The molecular formula is C20H25N3O. The van der Waals surface area contributed by atoms with E-state index in [2.05, 4.69) is 22.1 Å². The van der Waals surface area contributed by atoms with E-state index in [1.54, 1.807) is 6.20 Å². The van der Waals surface area contributed by atoms with Gasteiger partial charge in [-0.05, 0) is 55.4 Å². The van der Waals surface area contributed by atoms with Gasteiger partial charge in [-0.2, -0.15) is 5.10 Å². The highest BCUT2D eigenvalue weighted by Crippen LogP contribution is 2.35. The number of piperidine rings is 1. The Morgan fingerprint density at radius 2 is 1.88 bits per heavy atom. The van der Waals surface area contributed by atoms with Crippen LogP contribution in [-0.4, -0.2) is 33.2 Å². The second-order valence-corrected chi connectivity index (χ2v) is 7.15. The Morgan fingerprint density at radius 3 is 2.67 bits per heavy atom. The van der Waals surface area contributed by atoms with Crippen molar-refractivity contribution in [2.24, 2.45) is 5.92 Å². The summed E-state index contributed by atoms with van der Waals surface area (Å²) in [6, 6.07) is 10.5. The van der Waals surface area contributed by atoms with Gasteiger partial charge < -0.3 is 4.90 Å². The molecule has 2 fully saturated rings. The van der Waals surface area contributed by atoms with E-state index in [0.717, 1.165) is 31.0 Å². The predicted molar refractivity (Wildman–Crippen MR) is 93.8 cm³/mol. The van der Waals surface area contributed by atoms with Gasteiger partial charge in [0.05, 0.1) is 6.54 Å². The van der Waals surface area contributed by atoms with Gasteiger partial charge in [-0.15, -0.1) is 0 Å². The van der Waals surface area contributed by atoms with Crippen molar-refractivity contribution in [3.63, 3.8) is 0 Å². The van der Waals surface area contributed by atoms with Crippen LogP contribution in [0.15, 0.2) is 42.7 Å². The standard InChI is InChI=1S/C20H25N3O/c24-20(23-14-3-6-17-5-1-2-7-19(17)23)18-10-8-16(9-11-18)15-22-13-4-12-21-22/h4,8-13,17,19H,1-3,5-7,14-15H2/t17-,19+/m0/s1. The zero-order valence-corrected chi connectivity index (χ0v) is 14.1. The van der Waals surface area contributed by atoms with Crippen molar-refractivity contribution in [2.45, 2.75) is 51.1 Å². The van der Waals surface area contributed by atoms with Crippen LogP contribution in [-0.2, 0) is 6.54 Å². The Labute approximate surface area is 143 Å². The third-order valence-corrected chi connectivity index (χ3v) is 5.61. The first kappa shape index (κ1) is 15.4. The number of likely N-dealkylation sites (tertiary alicyclic amines) is 1. The van der Waals surface area contributed by atoms with E-state index in [-0.39, 0.29) is 5.91 Å². The van der Waals surface area contributed by atoms with E-state index < -0.39 is 0 Å². The molecule has 1 aliphatic heterocycles. The summed E-state index contributed by atoms with van der Waals surface area (Å²) in [5.41, 5.74) is 2.00. The van der Waals surface area contributed by atoms with Crippen LogP contribution in [0, 0.1) is 5.92 Å². The molecule has 24 heavy (non-hydrogen) atoms. The molecule has 2 atom stereocenters. The fraction of sp³-hybridized carbons (Fsp3) is 0.500. The van der Waals surface area contributed by atoms with Crippen LogP contribution in [0.3, 0.4) is 0 Å². The van der Waals surface area contributed by atoms with Gasteiger partial charge in [0.25, 0.3) is 5.91 Å². The van der Waals surface area contributed by atoms with Gasteiger partial charge in [-0.1, -0.05) is 25.0 Å². The molecule has 4 rings (SSSR count). The van der Waals surface area contributed by atoms with Crippen LogP contribution in [0.4, 0.5) is 0 Å². The second-order valence-electron chi connectivity index (χ2n) is 7.15. The SMILES string of the molecule is O=C(c1ccc(Cn2cccn2)cc1)N1CCC[C@@H]2CCCC[C@H]21. The molecule has 0 bridgehead atoms. The number of nitrogens with zero attached hydrogens (tertiary/aromatic N) is 3. The Hall–Kier alpha value is -2.10. The van der Waals surface area contributed by atoms with Crippen LogP contribution >= 0.6 is 0 Å². The van der Waals surface area contributed by atoms with Crippen LogP contribution in [0.1, 0.15) is 54.4 Å². The Kier molecular flexibility index (Phi) is 4.37. The molecule has 126 valence electrons. The van der Waals surface area contributed by atoms with E-state index in [1.165, 1.54) is 37.7 Å². The molecule has 4 nitrogen and oxygen atoms in total. The summed E-state index contributed by atoms with van der Waals surface area (Å²) in [5, 5.41) is 4.23. The van der Waals surface area contributed by atoms with Crippen molar-refractivity contribution in [3.05, 3.63) is 53.9 Å². The number of rotatable bonds is 3. The molecule has 0 radical (unpaired) electrons. The molecular weight excluding hydrogens is 298 g/mol. The molecule has 4 heteroatoms. The van der Waals surface area contributed by atoms with E-state index in [0.29, 0.717) is 6.04 Å². The topological polar surface area (TPSA) is 38.1 Å². The maximum atomic E-state index is 13.0. The van der Waals surface area contributed by atoms with Gasteiger partial charge in [0.15, 0.2) is 0 Å². The normalized spacial score (nSPS) is 23.8. The van der Waals surface area contributed by atoms with E-state index in [1.807, 2.05) is 29.1 Å². The number of amides is 1. The Balaban J connectivity index is 1.47. The average Bonchev–Trinajstić information content (AvgIpc) is 3.14. The quantitative estimate of drug-likeness (QED) is 0.863.